The highest BCUT2D eigenvalue weighted by atomic mass is 35.5. The normalized spacial score (nSPS) is 18.8. The van der Waals surface area contributed by atoms with Crippen LogP contribution in [0, 0.1) is 0 Å². The van der Waals surface area contributed by atoms with Gasteiger partial charge in [0.15, 0.2) is 0 Å². The van der Waals surface area contributed by atoms with Gasteiger partial charge in [0, 0.05) is 24.2 Å². The predicted octanol–water partition coefficient (Wildman–Crippen LogP) is 1.25. The predicted molar refractivity (Wildman–Crippen MR) is 77.2 cm³/mol. The molecule has 1 amide bonds. The van der Waals surface area contributed by atoms with E-state index in [2.05, 4.69) is 15.5 Å². The third-order valence-corrected chi connectivity index (χ3v) is 3.71. The van der Waals surface area contributed by atoms with Crippen LogP contribution in [0.3, 0.4) is 0 Å². The first kappa shape index (κ1) is 14.3. The smallest absolute Gasteiger partial charge is 0.234 e. The lowest BCUT2D eigenvalue weighted by molar-refractivity contribution is -0.122. The first-order valence-corrected chi connectivity index (χ1v) is 6.95. The van der Waals surface area contributed by atoms with Gasteiger partial charge in [-0.15, -0.1) is 0 Å². The molecule has 5 heteroatoms. The Hall–Kier alpha value is -1.10. The Morgan fingerprint density at radius 1 is 1.47 bits per heavy atom. The van der Waals surface area contributed by atoms with E-state index in [1.165, 1.54) is 0 Å². The van der Waals surface area contributed by atoms with E-state index in [0.29, 0.717) is 24.2 Å². The van der Waals surface area contributed by atoms with Crippen molar-refractivity contribution < 1.29 is 4.79 Å². The first-order valence-electron chi connectivity index (χ1n) is 6.57. The van der Waals surface area contributed by atoms with Crippen molar-refractivity contribution >= 4 is 17.5 Å². The number of nitrogens with one attached hydrogen (secondary N) is 2. The molecule has 0 spiro atoms. The molecular weight excluding hydrogens is 262 g/mol. The summed E-state index contributed by atoms with van der Waals surface area (Å²) >= 11 is 5.82. The molecule has 1 aromatic carbocycles. The summed E-state index contributed by atoms with van der Waals surface area (Å²) in [5.41, 5.74) is 1.06. The van der Waals surface area contributed by atoms with E-state index in [-0.39, 0.29) is 5.91 Å². The molecule has 1 heterocycles. The minimum Gasteiger partial charge on any atom is -0.351 e. The number of nitrogens with zero attached hydrogens (tertiary/aromatic N) is 1. The van der Waals surface area contributed by atoms with E-state index in [0.717, 1.165) is 25.1 Å². The van der Waals surface area contributed by atoms with E-state index >= 15 is 0 Å². The molecule has 1 aliphatic heterocycles. The largest absolute Gasteiger partial charge is 0.351 e. The maximum atomic E-state index is 11.9. The van der Waals surface area contributed by atoms with Crippen LogP contribution >= 0.6 is 11.6 Å². The number of halogens is 1. The lowest BCUT2D eigenvalue weighted by Crippen LogP contribution is -2.41. The summed E-state index contributed by atoms with van der Waals surface area (Å²) < 4.78 is 0. The van der Waals surface area contributed by atoms with Gasteiger partial charge in [-0.3, -0.25) is 9.69 Å². The zero-order chi connectivity index (χ0) is 13.7. The lowest BCUT2D eigenvalue weighted by atomic mass is 10.2. The molecule has 0 aromatic heterocycles. The molecule has 1 aliphatic rings. The summed E-state index contributed by atoms with van der Waals surface area (Å²) in [7, 11) is 2.00. The van der Waals surface area contributed by atoms with Gasteiger partial charge in [0.05, 0.1) is 6.54 Å². The number of amides is 1. The summed E-state index contributed by atoms with van der Waals surface area (Å²) in [4.78, 5) is 14.0. The quantitative estimate of drug-likeness (QED) is 0.854. The number of hydrogen-bond donors (Lipinski definition) is 2. The van der Waals surface area contributed by atoms with E-state index < -0.39 is 0 Å². The van der Waals surface area contributed by atoms with Gasteiger partial charge in [-0.1, -0.05) is 23.7 Å². The Kier molecular flexibility index (Phi) is 5.19. The molecule has 2 rings (SSSR count). The first-order chi connectivity index (χ1) is 9.15. The number of carbonyl (C=O) groups is 1. The van der Waals surface area contributed by atoms with Crippen molar-refractivity contribution in [2.24, 2.45) is 0 Å². The Morgan fingerprint density at radius 3 is 2.84 bits per heavy atom. The molecule has 1 atom stereocenters. The average molecular weight is 282 g/mol. The topological polar surface area (TPSA) is 44.4 Å². The van der Waals surface area contributed by atoms with Crippen LogP contribution in [0.15, 0.2) is 24.3 Å². The molecule has 1 aromatic rings. The van der Waals surface area contributed by atoms with Crippen molar-refractivity contribution in [2.75, 3.05) is 26.7 Å². The van der Waals surface area contributed by atoms with Gasteiger partial charge < -0.3 is 10.6 Å². The standard InChI is InChI=1S/C14H20ClN3O/c1-18(13-6-7-16-9-13)10-14(19)17-8-11-2-4-12(15)5-3-11/h2-5,13,16H,6-10H2,1H3,(H,17,19). The summed E-state index contributed by atoms with van der Waals surface area (Å²) in [6.45, 7) is 3.01. The minimum atomic E-state index is 0.0596. The van der Waals surface area contributed by atoms with Crippen molar-refractivity contribution in [3.63, 3.8) is 0 Å². The lowest BCUT2D eigenvalue weighted by Gasteiger charge is -2.22. The second-order valence-electron chi connectivity index (χ2n) is 4.96. The van der Waals surface area contributed by atoms with Gasteiger partial charge in [0.1, 0.15) is 0 Å². The number of likely N-dealkylation sites (N-methyl/N-ethyl adjacent to an activating group) is 1. The van der Waals surface area contributed by atoms with Gasteiger partial charge >= 0.3 is 0 Å². The molecule has 0 radical (unpaired) electrons. The fourth-order valence-corrected chi connectivity index (χ4v) is 2.36. The van der Waals surface area contributed by atoms with Crippen LogP contribution in [0.5, 0.6) is 0 Å². The van der Waals surface area contributed by atoms with Crippen LogP contribution in [0.25, 0.3) is 0 Å². The number of hydrogen-bond acceptors (Lipinski definition) is 3. The Balaban J connectivity index is 1.73. The van der Waals surface area contributed by atoms with Crippen LogP contribution in [-0.4, -0.2) is 43.5 Å². The highest BCUT2D eigenvalue weighted by Crippen LogP contribution is 2.09. The fourth-order valence-electron chi connectivity index (χ4n) is 2.23. The Labute approximate surface area is 119 Å². The second kappa shape index (κ2) is 6.89. The van der Waals surface area contributed by atoms with E-state index in [9.17, 15) is 4.79 Å². The van der Waals surface area contributed by atoms with E-state index in [1.54, 1.807) is 0 Å². The molecule has 1 saturated heterocycles. The van der Waals surface area contributed by atoms with Crippen LogP contribution in [0.1, 0.15) is 12.0 Å². The third-order valence-electron chi connectivity index (χ3n) is 3.45. The van der Waals surface area contributed by atoms with Crippen molar-refractivity contribution in [3.8, 4) is 0 Å². The molecular formula is C14H20ClN3O. The highest BCUT2D eigenvalue weighted by Gasteiger charge is 2.20. The fraction of sp³-hybridized carbons (Fsp3) is 0.500. The zero-order valence-corrected chi connectivity index (χ0v) is 11.9. The Bertz CT molecular complexity index is 415. The van der Waals surface area contributed by atoms with Gasteiger partial charge in [-0.25, -0.2) is 0 Å². The van der Waals surface area contributed by atoms with Gasteiger partial charge in [0.2, 0.25) is 5.91 Å². The van der Waals surface area contributed by atoms with Crippen molar-refractivity contribution in [2.45, 2.75) is 19.0 Å². The highest BCUT2D eigenvalue weighted by molar-refractivity contribution is 6.30. The van der Waals surface area contributed by atoms with Gasteiger partial charge in [0.25, 0.3) is 0 Å². The molecule has 1 fully saturated rings. The minimum absolute atomic E-state index is 0.0596. The number of rotatable bonds is 5. The summed E-state index contributed by atoms with van der Waals surface area (Å²) in [6.07, 6.45) is 1.11. The maximum Gasteiger partial charge on any atom is 0.234 e. The molecule has 2 N–H and O–H groups in total. The van der Waals surface area contributed by atoms with E-state index in [1.807, 2.05) is 31.3 Å². The number of carbonyl (C=O) groups excluding carboxylic acids is 1. The van der Waals surface area contributed by atoms with Crippen molar-refractivity contribution in [1.29, 1.82) is 0 Å². The van der Waals surface area contributed by atoms with Crippen LogP contribution in [-0.2, 0) is 11.3 Å². The third kappa shape index (κ3) is 4.49. The molecule has 0 saturated carbocycles. The SMILES string of the molecule is CN(CC(=O)NCc1ccc(Cl)cc1)C1CCNC1. The second-order valence-corrected chi connectivity index (χ2v) is 5.40. The van der Waals surface area contributed by atoms with Crippen LogP contribution in [0.2, 0.25) is 5.02 Å². The summed E-state index contributed by atoms with van der Waals surface area (Å²) in [6, 6.07) is 7.99. The molecule has 1 unspecified atom stereocenters. The molecule has 4 nitrogen and oxygen atoms in total. The van der Waals surface area contributed by atoms with Gasteiger partial charge in [-0.2, -0.15) is 0 Å². The monoisotopic (exact) mass is 281 g/mol. The molecule has 104 valence electrons. The summed E-state index contributed by atoms with van der Waals surface area (Å²) in [5, 5.41) is 6.94. The molecule has 19 heavy (non-hydrogen) atoms. The van der Waals surface area contributed by atoms with Gasteiger partial charge in [-0.05, 0) is 37.7 Å². The molecule has 0 aliphatic carbocycles. The zero-order valence-electron chi connectivity index (χ0n) is 11.2. The van der Waals surface area contributed by atoms with Crippen LogP contribution < -0.4 is 10.6 Å². The number of benzene rings is 1. The summed E-state index contributed by atoms with van der Waals surface area (Å²) in [5.74, 6) is 0.0596. The van der Waals surface area contributed by atoms with Crippen molar-refractivity contribution in [3.05, 3.63) is 34.9 Å². The molecule has 0 bridgehead atoms. The Morgan fingerprint density at radius 2 is 2.21 bits per heavy atom. The van der Waals surface area contributed by atoms with Crippen LogP contribution in [0.4, 0.5) is 0 Å². The average Bonchev–Trinajstić information content (AvgIpc) is 2.92. The maximum absolute atomic E-state index is 11.9. The van der Waals surface area contributed by atoms with Crippen molar-refractivity contribution in [1.82, 2.24) is 15.5 Å². The van der Waals surface area contributed by atoms with E-state index in [4.69, 9.17) is 11.6 Å².